The summed E-state index contributed by atoms with van der Waals surface area (Å²) < 4.78 is 5.76. The molecule has 0 spiro atoms. The largest absolute Gasteiger partial charge is 0.481 e. The first-order valence-corrected chi connectivity index (χ1v) is 7.34. The lowest BCUT2D eigenvalue weighted by Crippen LogP contribution is -2.51. The topological polar surface area (TPSA) is 32.8 Å². The molecule has 110 valence electrons. The van der Waals surface area contributed by atoms with Crippen molar-refractivity contribution in [2.45, 2.75) is 26.9 Å². The first-order chi connectivity index (χ1) is 9.60. The number of hydrogen-bond acceptors (Lipinski definition) is 3. The maximum atomic E-state index is 12.4. The van der Waals surface area contributed by atoms with Crippen LogP contribution in [0.4, 0.5) is 0 Å². The average Bonchev–Trinajstić information content (AvgIpc) is 2.46. The Hall–Kier alpha value is -1.55. The molecule has 0 N–H and O–H groups in total. The molecule has 1 aromatic rings. The third kappa shape index (κ3) is 3.73. The molecule has 1 amide bonds. The van der Waals surface area contributed by atoms with Crippen LogP contribution < -0.4 is 4.74 Å². The maximum Gasteiger partial charge on any atom is 0.263 e. The Kier molecular flexibility index (Phi) is 5.01. The van der Waals surface area contributed by atoms with Gasteiger partial charge >= 0.3 is 0 Å². The number of carbonyl (C=O) groups excluding carboxylic acids is 1. The zero-order valence-corrected chi connectivity index (χ0v) is 12.6. The summed E-state index contributed by atoms with van der Waals surface area (Å²) in [5.74, 6) is 0.848. The fraction of sp³-hybridized carbons (Fsp3) is 0.562. The lowest BCUT2D eigenvalue weighted by atomic mass is 10.2. The summed E-state index contributed by atoms with van der Waals surface area (Å²) in [4.78, 5) is 16.6. The molecule has 1 heterocycles. The van der Waals surface area contributed by atoms with Gasteiger partial charge in [0.05, 0.1) is 0 Å². The highest BCUT2D eigenvalue weighted by Gasteiger charge is 2.25. The first kappa shape index (κ1) is 14.9. The van der Waals surface area contributed by atoms with Crippen molar-refractivity contribution in [3.8, 4) is 5.75 Å². The first-order valence-electron chi connectivity index (χ1n) is 7.34. The Morgan fingerprint density at radius 1 is 1.30 bits per heavy atom. The van der Waals surface area contributed by atoms with E-state index in [4.69, 9.17) is 4.74 Å². The Bertz CT molecular complexity index is 454. The molecule has 1 aromatic carbocycles. The van der Waals surface area contributed by atoms with Gasteiger partial charge in [0, 0.05) is 26.2 Å². The van der Waals surface area contributed by atoms with E-state index in [1.165, 1.54) is 0 Å². The minimum atomic E-state index is -0.426. The molecular formula is C16H24N2O2. The van der Waals surface area contributed by atoms with Crippen molar-refractivity contribution >= 4 is 5.91 Å². The molecule has 2 rings (SSSR count). The number of carbonyl (C=O) groups is 1. The molecule has 0 radical (unpaired) electrons. The molecular weight excluding hydrogens is 252 g/mol. The van der Waals surface area contributed by atoms with E-state index in [0.717, 1.165) is 44.0 Å². The van der Waals surface area contributed by atoms with Gasteiger partial charge in [-0.1, -0.05) is 19.1 Å². The van der Waals surface area contributed by atoms with Crippen molar-refractivity contribution in [2.75, 3.05) is 32.7 Å². The Morgan fingerprint density at radius 2 is 2.00 bits per heavy atom. The van der Waals surface area contributed by atoms with E-state index < -0.39 is 6.10 Å². The van der Waals surface area contributed by atoms with E-state index in [2.05, 4.69) is 11.8 Å². The van der Waals surface area contributed by atoms with Gasteiger partial charge in [0.25, 0.3) is 5.91 Å². The second kappa shape index (κ2) is 6.75. The van der Waals surface area contributed by atoms with Crippen LogP contribution in [-0.2, 0) is 4.79 Å². The molecule has 4 heteroatoms. The number of likely N-dealkylation sites (N-methyl/N-ethyl adjacent to an activating group) is 1. The van der Waals surface area contributed by atoms with Crippen LogP contribution in [0.1, 0.15) is 19.4 Å². The summed E-state index contributed by atoms with van der Waals surface area (Å²) in [7, 11) is 0. The number of amides is 1. The standard InChI is InChI=1S/C16H24N2O2/c1-4-17-8-10-18(11-9-17)16(19)14(3)20-15-7-5-6-13(2)12-15/h5-7,12,14H,4,8-11H2,1-3H3/t14-/m0/s1. The van der Waals surface area contributed by atoms with Crippen LogP contribution in [0.2, 0.25) is 0 Å². The third-order valence-electron chi connectivity index (χ3n) is 3.78. The number of nitrogens with zero attached hydrogens (tertiary/aromatic N) is 2. The molecule has 1 saturated heterocycles. The predicted molar refractivity (Wildman–Crippen MR) is 80.0 cm³/mol. The molecule has 0 aromatic heterocycles. The molecule has 1 fully saturated rings. The fourth-order valence-corrected chi connectivity index (χ4v) is 2.48. The van der Waals surface area contributed by atoms with Gasteiger partial charge in [0.15, 0.2) is 6.10 Å². The van der Waals surface area contributed by atoms with E-state index in [0.29, 0.717) is 0 Å². The Morgan fingerprint density at radius 3 is 2.60 bits per heavy atom. The number of piperazine rings is 1. The average molecular weight is 276 g/mol. The van der Waals surface area contributed by atoms with Crippen molar-refractivity contribution < 1.29 is 9.53 Å². The van der Waals surface area contributed by atoms with Crippen LogP contribution in [0.15, 0.2) is 24.3 Å². The summed E-state index contributed by atoms with van der Waals surface area (Å²) >= 11 is 0. The third-order valence-corrected chi connectivity index (χ3v) is 3.78. The molecule has 0 aliphatic carbocycles. The van der Waals surface area contributed by atoms with Gasteiger partial charge in [0.1, 0.15) is 5.75 Å². The highest BCUT2D eigenvalue weighted by atomic mass is 16.5. The van der Waals surface area contributed by atoms with Gasteiger partial charge in [-0.2, -0.15) is 0 Å². The number of hydrogen-bond donors (Lipinski definition) is 0. The second-order valence-electron chi connectivity index (χ2n) is 5.34. The number of rotatable bonds is 4. The highest BCUT2D eigenvalue weighted by molar-refractivity contribution is 5.81. The summed E-state index contributed by atoms with van der Waals surface area (Å²) in [6.45, 7) is 10.6. The SMILES string of the molecule is CCN1CCN(C(=O)[C@H](C)Oc2cccc(C)c2)CC1. The molecule has 0 bridgehead atoms. The van der Waals surface area contributed by atoms with Crippen molar-refractivity contribution in [2.24, 2.45) is 0 Å². The van der Waals surface area contributed by atoms with E-state index in [-0.39, 0.29) is 5.91 Å². The van der Waals surface area contributed by atoms with Crippen molar-refractivity contribution in [3.05, 3.63) is 29.8 Å². The van der Waals surface area contributed by atoms with E-state index >= 15 is 0 Å². The summed E-state index contributed by atoms with van der Waals surface area (Å²) in [6, 6.07) is 7.82. The molecule has 0 unspecified atom stereocenters. The van der Waals surface area contributed by atoms with E-state index in [9.17, 15) is 4.79 Å². The minimum absolute atomic E-state index is 0.0854. The Balaban J connectivity index is 1.89. The molecule has 0 saturated carbocycles. The number of ether oxygens (including phenoxy) is 1. The smallest absolute Gasteiger partial charge is 0.263 e. The highest BCUT2D eigenvalue weighted by Crippen LogP contribution is 2.15. The van der Waals surface area contributed by atoms with Crippen LogP contribution in [0.25, 0.3) is 0 Å². The number of benzene rings is 1. The summed E-state index contributed by atoms with van der Waals surface area (Å²) in [5, 5.41) is 0. The summed E-state index contributed by atoms with van der Waals surface area (Å²) in [5.41, 5.74) is 1.14. The van der Waals surface area contributed by atoms with Gasteiger partial charge in [-0.05, 0) is 38.1 Å². The van der Waals surface area contributed by atoms with Gasteiger partial charge in [0.2, 0.25) is 0 Å². The normalized spacial score (nSPS) is 17.9. The number of aryl methyl sites for hydroxylation is 1. The predicted octanol–water partition coefficient (Wildman–Crippen LogP) is 1.93. The maximum absolute atomic E-state index is 12.4. The van der Waals surface area contributed by atoms with Crippen LogP contribution in [0, 0.1) is 6.92 Å². The van der Waals surface area contributed by atoms with Crippen LogP contribution >= 0.6 is 0 Å². The Labute approximate surface area is 121 Å². The van der Waals surface area contributed by atoms with Gasteiger partial charge in [-0.15, -0.1) is 0 Å². The zero-order valence-electron chi connectivity index (χ0n) is 12.6. The quantitative estimate of drug-likeness (QED) is 0.842. The summed E-state index contributed by atoms with van der Waals surface area (Å²) in [6.07, 6.45) is -0.426. The van der Waals surface area contributed by atoms with E-state index in [1.807, 2.05) is 43.0 Å². The second-order valence-corrected chi connectivity index (χ2v) is 5.34. The molecule has 1 atom stereocenters. The van der Waals surface area contributed by atoms with Gasteiger partial charge in [-0.25, -0.2) is 0 Å². The lowest BCUT2D eigenvalue weighted by Gasteiger charge is -2.35. The zero-order chi connectivity index (χ0) is 14.5. The van der Waals surface area contributed by atoms with Crippen molar-refractivity contribution in [3.63, 3.8) is 0 Å². The molecule has 4 nitrogen and oxygen atoms in total. The lowest BCUT2D eigenvalue weighted by molar-refractivity contribution is -0.139. The van der Waals surface area contributed by atoms with Crippen molar-refractivity contribution in [1.82, 2.24) is 9.80 Å². The molecule has 20 heavy (non-hydrogen) atoms. The minimum Gasteiger partial charge on any atom is -0.481 e. The monoisotopic (exact) mass is 276 g/mol. The van der Waals surface area contributed by atoms with E-state index in [1.54, 1.807) is 0 Å². The van der Waals surface area contributed by atoms with Gasteiger partial charge < -0.3 is 14.5 Å². The molecule has 1 aliphatic heterocycles. The van der Waals surface area contributed by atoms with Crippen LogP contribution in [0.5, 0.6) is 5.75 Å². The fourth-order valence-electron chi connectivity index (χ4n) is 2.48. The van der Waals surface area contributed by atoms with Gasteiger partial charge in [-0.3, -0.25) is 4.79 Å². The van der Waals surface area contributed by atoms with Crippen molar-refractivity contribution in [1.29, 1.82) is 0 Å². The molecule has 1 aliphatic rings. The van der Waals surface area contributed by atoms with Crippen LogP contribution in [0.3, 0.4) is 0 Å². The van der Waals surface area contributed by atoms with Crippen LogP contribution in [-0.4, -0.2) is 54.5 Å².